The van der Waals surface area contributed by atoms with Crippen LogP contribution in [0.4, 0.5) is 0 Å². The summed E-state index contributed by atoms with van der Waals surface area (Å²) in [6.07, 6.45) is 3.37. The molecule has 0 aliphatic carbocycles. The summed E-state index contributed by atoms with van der Waals surface area (Å²) in [4.78, 5) is 3.92. The lowest BCUT2D eigenvalue weighted by atomic mass is 10.2. The maximum absolute atomic E-state index is 6.10. The number of rotatable bonds is 4. The van der Waals surface area contributed by atoms with Gasteiger partial charge in [0.2, 0.25) is 0 Å². The van der Waals surface area contributed by atoms with Crippen molar-refractivity contribution in [1.82, 2.24) is 4.98 Å². The van der Waals surface area contributed by atoms with E-state index in [1.54, 1.807) is 37.7 Å². The number of ether oxygens (including phenoxy) is 2. The zero-order valence-electron chi connectivity index (χ0n) is 9.39. The number of hydrogen-bond donors (Lipinski definition) is 0. The molecule has 0 atom stereocenters. The molecule has 0 saturated carbocycles. The first kappa shape index (κ1) is 11.7. The maximum Gasteiger partial charge on any atom is 0.122 e. The van der Waals surface area contributed by atoms with Crippen LogP contribution in [0, 0.1) is 0 Å². The monoisotopic (exact) mass is 249 g/mol. The molecule has 0 bridgehead atoms. The molecule has 0 spiro atoms. The molecule has 0 radical (unpaired) electrons. The highest BCUT2D eigenvalue weighted by molar-refractivity contribution is 6.31. The Bertz CT molecular complexity index is 488. The molecule has 0 unspecified atom stereocenters. The van der Waals surface area contributed by atoms with E-state index < -0.39 is 0 Å². The highest BCUT2D eigenvalue weighted by Crippen LogP contribution is 2.23. The van der Waals surface area contributed by atoms with E-state index in [9.17, 15) is 0 Å². The van der Waals surface area contributed by atoms with Gasteiger partial charge in [0, 0.05) is 18.0 Å². The Kier molecular flexibility index (Phi) is 3.83. The second-order valence-electron chi connectivity index (χ2n) is 3.43. The Labute approximate surface area is 105 Å². The van der Waals surface area contributed by atoms with E-state index in [1.807, 2.05) is 12.1 Å². The van der Waals surface area contributed by atoms with Crippen molar-refractivity contribution in [1.29, 1.82) is 0 Å². The van der Waals surface area contributed by atoms with Crippen LogP contribution in [0.15, 0.2) is 42.7 Å². The molecule has 2 rings (SSSR count). The van der Waals surface area contributed by atoms with Crippen molar-refractivity contribution in [2.24, 2.45) is 0 Å². The molecule has 0 saturated heterocycles. The minimum atomic E-state index is 0.423. The molecule has 2 aromatic rings. The van der Waals surface area contributed by atoms with Gasteiger partial charge in [-0.25, -0.2) is 0 Å². The Balaban J connectivity index is 2.04. The molecule has 1 heterocycles. The van der Waals surface area contributed by atoms with Crippen LogP contribution in [0.5, 0.6) is 11.5 Å². The Hall–Kier alpha value is -1.74. The summed E-state index contributed by atoms with van der Waals surface area (Å²) in [5, 5.41) is 0.637. The van der Waals surface area contributed by atoms with E-state index in [1.165, 1.54) is 0 Å². The van der Waals surface area contributed by atoms with Gasteiger partial charge in [0.05, 0.1) is 12.1 Å². The predicted octanol–water partition coefficient (Wildman–Crippen LogP) is 3.32. The number of halogens is 1. The average Bonchev–Trinajstić information content (AvgIpc) is 2.38. The van der Waals surface area contributed by atoms with Gasteiger partial charge in [-0.2, -0.15) is 0 Å². The quantitative estimate of drug-likeness (QED) is 0.833. The average molecular weight is 250 g/mol. The number of pyridine rings is 1. The second-order valence-corrected chi connectivity index (χ2v) is 3.84. The Morgan fingerprint density at radius 1 is 1.12 bits per heavy atom. The van der Waals surface area contributed by atoms with Crippen molar-refractivity contribution in [2.75, 3.05) is 7.11 Å². The van der Waals surface area contributed by atoms with E-state index in [-0.39, 0.29) is 0 Å². The first-order chi connectivity index (χ1) is 8.29. The third-order valence-electron chi connectivity index (χ3n) is 2.30. The van der Waals surface area contributed by atoms with Crippen LogP contribution in [0.2, 0.25) is 5.02 Å². The summed E-state index contributed by atoms with van der Waals surface area (Å²) >= 11 is 6.10. The van der Waals surface area contributed by atoms with Crippen molar-refractivity contribution in [3.8, 4) is 11.5 Å². The van der Waals surface area contributed by atoms with Crippen LogP contribution in [0.25, 0.3) is 0 Å². The van der Waals surface area contributed by atoms with Gasteiger partial charge in [-0.15, -0.1) is 0 Å². The lowest BCUT2D eigenvalue weighted by molar-refractivity contribution is 0.305. The van der Waals surface area contributed by atoms with Crippen LogP contribution in [-0.2, 0) is 6.61 Å². The van der Waals surface area contributed by atoms with Crippen molar-refractivity contribution in [3.63, 3.8) is 0 Å². The number of hydrogen-bond acceptors (Lipinski definition) is 3. The van der Waals surface area contributed by atoms with Crippen LogP contribution < -0.4 is 9.47 Å². The number of methoxy groups -OCH3 is 1. The summed E-state index contributed by atoms with van der Waals surface area (Å²) in [5.41, 5.74) is 0.921. The molecular weight excluding hydrogens is 238 g/mol. The van der Waals surface area contributed by atoms with Gasteiger partial charge in [0.1, 0.15) is 18.1 Å². The Morgan fingerprint density at radius 2 is 1.88 bits per heavy atom. The lowest BCUT2D eigenvalue weighted by Gasteiger charge is -2.08. The summed E-state index contributed by atoms with van der Waals surface area (Å²) in [6, 6.07) is 9.13. The van der Waals surface area contributed by atoms with E-state index in [2.05, 4.69) is 4.98 Å². The Morgan fingerprint density at radius 3 is 2.53 bits per heavy atom. The van der Waals surface area contributed by atoms with Crippen molar-refractivity contribution in [3.05, 3.63) is 53.3 Å². The minimum absolute atomic E-state index is 0.423. The molecule has 1 aromatic heterocycles. The molecule has 0 amide bonds. The van der Waals surface area contributed by atoms with Crippen molar-refractivity contribution in [2.45, 2.75) is 6.61 Å². The predicted molar refractivity (Wildman–Crippen MR) is 66.6 cm³/mol. The molecule has 3 nitrogen and oxygen atoms in total. The topological polar surface area (TPSA) is 31.4 Å². The molecule has 17 heavy (non-hydrogen) atoms. The normalized spacial score (nSPS) is 10.0. The SMILES string of the molecule is COc1ccc(COc2ccncc2)c(Cl)c1. The van der Waals surface area contributed by atoms with E-state index >= 15 is 0 Å². The maximum atomic E-state index is 6.10. The number of nitrogens with zero attached hydrogens (tertiary/aromatic N) is 1. The van der Waals surface area contributed by atoms with Crippen LogP contribution in [0.3, 0.4) is 0 Å². The molecule has 4 heteroatoms. The summed E-state index contributed by atoms with van der Waals surface area (Å²) in [5.74, 6) is 1.51. The third-order valence-corrected chi connectivity index (χ3v) is 2.66. The number of aromatic nitrogens is 1. The van der Waals surface area contributed by atoms with Gasteiger partial charge in [0.25, 0.3) is 0 Å². The van der Waals surface area contributed by atoms with Gasteiger partial charge in [0.15, 0.2) is 0 Å². The van der Waals surface area contributed by atoms with Gasteiger partial charge >= 0.3 is 0 Å². The zero-order valence-corrected chi connectivity index (χ0v) is 10.1. The zero-order chi connectivity index (χ0) is 12.1. The molecule has 0 aliphatic heterocycles. The number of benzene rings is 1. The molecule has 0 aliphatic rings. The van der Waals surface area contributed by atoms with Crippen LogP contribution in [-0.4, -0.2) is 12.1 Å². The van der Waals surface area contributed by atoms with E-state index in [0.717, 1.165) is 17.1 Å². The minimum Gasteiger partial charge on any atom is -0.497 e. The summed E-state index contributed by atoms with van der Waals surface area (Å²) in [6.45, 7) is 0.423. The van der Waals surface area contributed by atoms with Crippen LogP contribution in [0.1, 0.15) is 5.56 Å². The molecule has 0 fully saturated rings. The first-order valence-electron chi connectivity index (χ1n) is 5.15. The highest BCUT2D eigenvalue weighted by atomic mass is 35.5. The summed E-state index contributed by atoms with van der Waals surface area (Å²) in [7, 11) is 1.61. The van der Waals surface area contributed by atoms with Gasteiger partial charge < -0.3 is 9.47 Å². The van der Waals surface area contributed by atoms with E-state index in [0.29, 0.717) is 11.6 Å². The van der Waals surface area contributed by atoms with Gasteiger partial charge in [-0.1, -0.05) is 17.7 Å². The van der Waals surface area contributed by atoms with Crippen LogP contribution >= 0.6 is 11.6 Å². The fraction of sp³-hybridized carbons (Fsp3) is 0.154. The third kappa shape index (κ3) is 3.11. The molecule has 0 N–H and O–H groups in total. The smallest absolute Gasteiger partial charge is 0.122 e. The second kappa shape index (κ2) is 5.55. The van der Waals surface area contributed by atoms with Crippen molar-refractivity contribution < 1.29 is 9.47 Å². The van der Waals surface area contributed by atoms with E-state index in [4.69, 9.17) is 21.1 Å². The van der Waals surface area contributed by atoms with Gasteiger partial charge in [-0.3, -0.25) is 4.98 Å². The lowest BCUT2D eigenvalue weighted by Crippen LogP contribution is -1.96. The molecule has 1 aromatic carbocycles. The largest absolute Gasteiger partial charge is 0.497 e. The molecular formula is C13H12ClNO2. The highest BCUT2D eigenvalue weighted by Gasteiger charge is 2.03. The standard InChI is InChI=1S/C13H12ClNO2/c1-16-12-3-2-10(13(14)8-12)9-17-11-4-6-15-7-5-11/h2-8H,9H2,1H3. The summed E-state index contributed by atoms with van der Waals surface area (Å²) < 4.78 is 10.7. The fourth-order valence-electron chi connectivity index (χ4n) is 1.37. The van der Waals surface area contributed by atoms with Crippen molar-refractivity contribution >= 4 is 11.6 Å². The fourth-order valence-corrected chi connectivity index (χ4v) is 1.59. The van der Waals surface area contributed by atoms with Gasteiger partial charge in [-0.05, 0) is 24.3 Å². The molecule has 88 valence electrons. The first-order valence-corrected chi connectivity index (χ1v) is 5.52.